The first-order chi connectivity index (χ1) is 12.5. The van der Waals surface area contributed by atoms with Crippen LogP contribution in [0.25, 0.3) is 0 Å². The van der Waals surface area contributed by atoms with E-state index in [1.54, 1.807) is 36.0 Å². The van der Waals surface area contributed by atoms with E-state index >= 15 is 0 Å². The third kappa shape index (κ3) is 6.14. The molecule has 1 aromatic heterocycles. The van der Waals surface area contributed by atoms with Crippen molar-refractivity contribution in [3.63, 3.8) is 0 Å². The standard InChI is InChI=1S/C17H20BrFN4O3/c1-2-26-17(25)20-9-5-8-15(24)21-16-13(18)11-23(22-16)10-12-6-3-4-7-14(12)19/h3-4,6-7,11H,2,5,8-10H2,1H3,(H,20,25)(H,21,22,24). The van der Waals surface area contributed by atoms with E-state index in [4.69, 9.17) is 4.74 Å². The molecule has 0 bridgehead atoms. The zero-order valence-corrected chi connectivity index (χ0v) is 15.9. The number of nitrogens with one attached hydrogen (secondary N) is 2. The van der Waals surface area contributed by atoms with Crippen LogP contribution in [0.4, 0.5) is 15.0 Å². The van der Waals surface area contributed by atoms with E-state index in [2.05, 4.69) is 31.7 Å². The normalized spacial score (nSPS) is 10.4. The van der Waals surface area contributed by atoms with E-state index in [1.807, 2.05) is 0 Å². The number of hydrogen-bond donors (Lipinski definition) is 2. The Morgan fingerprint density at radius 1 is 1.35 bits per heavy atom. The number of benzene rings is 1. The molecule has 2 aromatic rings. The molecule has 0 fully saturated rings. The van der Waals surface area contributed by atoms with Crippen LogP contribution in [-0.2, 0) is 16.1 Å². The molecule has 26 heavy (non-hydrogen) atoms. The highest BCUT2D eigenvalue weighted by molar-refractivity contribution is 9.10. The van der Waals surface area contributed by atoms with Gasteiger partial charge in [0.2, 0.25) is 5.91 Å². The number of ether oxygens (including phenoxy) is 1. The lowest BCUT2D eigenvalue weighted by Crippen LogP contribution is -2.26. The molecular formula is C17H20BrFN4O3. The van der Waals surface area contributed by atoms with Crippen molar-refractivity contribution in [1.82, 2.24) is 15.1 Å². The maximum Gasteiger partial charge on any atom is 0.407 e. The van der Waals surface area contributed by atoms with Crippen LogP contribution in [0.1, 0.15) is 25.3 Å². The minimum Gasteiger partial charge on any atom is -0.450 e. The highest BCUT2D eigenvalue weighted by Crippen LogP contribution is 2.21. The van der Waals surface area contributed by atoms with E-state index in [0.717, 1.165) is 0 Å². The Kier molecular flexibility index (Phi) is 7.58. The summed E-state index contributed by atoms with van der Waals surface area (Å²) in [6.07, 6.45) is 1.87. The molecule has 0 aliphatic heterocycles. The first-order valence-corrected chi connectivity index (χ1v) is 8.95. The summed E-state index contributed by atoms with van der Waals surface area (Å²) in [7, 11) is 0. The van der Waals surface area contributed by atoms with Crippen LogP contribution in [0.3, 0.4) is 0 Å². The lowest BCUT2D eigenvalue weighted by molar-refractivity contribution is -0.116. The summed E-state index contributed by atoms with van der Waals surface area (Å²) in [5, 5.41) is 9.48. The molecule has 0 radical (unpaired) electrons. The van der Waals surface area contributed by atoms with Gasteiger partial charge in [-0.25, -0.2) is 9.18 Å². The number of hydrogen-bond acceptors (Lipinski definition) is 4. The van der Waals surface area contributed by atoms with E-state index in [1.165, 1.54) is 6.07 Å². The van der Waals surface area contributed by atoms with Crippen molar-refractivity contribution in [2.45, 2.75) is 26.3 Å². The Labute approximate surface area is 159 Å². The summed E-state index contributed by atoms with van der Waals surface area (Å²) in [5.41, 5.74) is 0.505. The van der Waals surface area contributed by atoms with Crippen LogP contribution in [-0.4, -0.2) is 34.9 Å². The maximum atomic E-state index is 13.7. The van der Waals surface area contributed by atoms with Gasteiger partial charge in [-0.1, -0.05) is 18.2 Å². The van der Waals surface area contributed by atoms with Crippen LogP contribution >= 0.6 is 15.9 Å². The number of alkyl carbamates (subject to hydrolysis) is 1. The van der Waals surface area contributed by atoms with E-state index in [-0.39, 0.29) is 24.7 Å². The second-order valence-electron chi connectivity index (χ2n) is 5.41. The topological polar surface area (TPSA) is 85.2 Å². The van der Waals surface area contributed by atoms with Gasteiger partial charge >= 0.3 is 6.09 Å². The monoisotopic (exact) mass is 426 g/mol. The van der Waals surface area contributed by atoms with Gasteiger partial charge in [-0.3, -0.25) is 9.48 Å². The van der Waals surface area contributed by atoms with Gasteiger partial charge in [-0.15, -0.1) is 0 Å². The molecule has 0 aliphatic rings. The van der Waals surface area contributed by atoms with E-state index in [0.29, 0.717) is 35.4 Å². The van der Waals surface area contributed by atoms with Crippen molar-refractivity contribution in [1.29, 1.82) is 0 Å². The van der Waals surface area contributed by atoms with Crippen molar-refractivity contribution in [3.8, 4) is 0 Å². The number of carbonyl (C=O) groups is 2. The first-order valence-electron chi connectivity index (χ1n) is 8.16. The van der Waals surface area contributed by atoms with Gasteiger partial charge in [-0.2, -0.15) is 5.10 Å². The van der Waals surface area contributed by atoms with Crippen LogP contribution in [0, 0.1) is 5.82 Å². The number of carbonyl (C=O) groups excluding carboxylic acids is 2. The fourth-order valence-electron chi connectivity index (χ4n) is 2.18. The predicted octanol–water partition coefficient (Wildman–Crippen LogP) is 3.30. The van der Waals surface area contributed by atoms with Gasteiger partial charge in [0.1, 0.15) is 5.82 Å². The maximum absolute atomic E-state index is 13.7. The SMILES string of the molecule is CCOC(=O)NCCCC(=O)Nc1nn(Cc2ccccc2F)cc1Br. The van der Waals surface area contributed by atoms with Crippen LogP contribution in [0.2, 0.25) is 0 Å². The lowest BCUT2D eigenvalue weighted by Gasteiger charge is -2.05. The molecule has 7 nitrogen and oxygen atoms in total. The van der Waals surface area contributed by atoms with Crippen LogP contribution < -0.4 is 10.6 Å². The Bertz CT molecular complexity index is 766. The van der Waals surface area contributed by atoms with Crippen molar-refractivity contribution in [2.24, 2.45) is 0 Å². The van der Waals surface area contributed by atoms with Gasteiger partial charge < -0.3 is 15.4 Å². The second-order valence-corrected chi connectivity index (χ2v) is 6.27. The zero-order chi connectivity index (χ0) is 18.9. The molecule has 0 atom stereocenters. The van der Waals surface area contributed by atoms with Gasteiger partial charge in [0.25, 0.3) is 0 Å². The van der Waals surface area contributed by atoms with E-state index in [9.17, 15) is 14.0 Å². The Morgan fingerprint density at radius 3 is 2.85 bits per heavy atom. The second kappa shape index (κ2) is 9.91. The summed E-state index contributed by atoms with van der Waals surface area (Å²) in [6, 6.07) is 6.45. The Morgan fingerprint density at radius 2 is 2.12 bits per heavy atom. The van der Waals surface area contributed by atoms with Crippen molar-refractivity contribution >= 4 is 33.7 Å². The van der Waals surface area contributed by atoms with Crippen molar-refractivity contribution in [3.05, 3.63) is 46.3 Å². The number of rotatable bonds is 8. The molecule has 0 unspecified atom stereocenters. The Balaban J connectivity index is 1.82. The summed E-state index contributed by atoms with van der Waals surface area (Å²) in [5.74, 6) is -0.170. The van der Waals surface area contributed by atoms with E-state index < -0.39 is 6.09 Å². The third-order valence-corrected chi connectivity index (χ3v) is 3.97. The molecule has 140 valence electrons. The molecule has 2 rings (SSSR count). The predicted molar refractivity (Wildman–Crippen MR) is 98.3 cm³/mol. The average Bonchev–Trinajstić information content (AvgIpc) is 2.93. The quantitative estimate of drug-likeness (QED) is 0.634. The molecule has 0 aliphatic carbocycles. The highest BCUT2D eigenvalue weighted by Gasteiger charge is 2.12. The third-order valence-electron chi connectivity index (χ3n) is 3.39. The molecule has 9 heteroatoms. The Hall–Kier alpha value is -2.42. The average molecular weight is 427 g/mol. The number of halogens is 2. The smallest absolute Gasteiger partial charge is 0.407 e. The summed E-state index contributed by atoms with van der Waals surface area (Å²) in [6.45, 7) is 2.62. The van der Waals surface area contributed by atoms with Gasteiger partial charge in [-0.05, 0) is 35.3 Å². The first kappa shape index (κ1) is 19.9. The number of aromatic nitrogens is 2. The summed E-state index contributed by atoms with van der Waals surface area (Å²) < 4.78 is 20.6. The fourth-order valence-corrected chi connectivity index (χ4v) is 2.59. The molecule has 2 amide bonds. The van der Waals surface area contributed by atoms with Gasteiger partial charge in [0.15, 0.2) is 5.82 Å². The fraction of sp³-hybridized carbons (Fsp3) is 0.353. The zero-order valence-electron chi connectivity index (χ0n) is 14.3. The summed E-state index contributed by atoms with van der Waals surface area (Å²) in [4.78, 5) is 23.1. The summed E-state index contributed by atoms with van der Waals surface area (Å²) >= 11 is 3.33. The van der Waals surface area contributed by atoms with Gasteiger partial charge in [0.05, 0.1) is 17.6 Å². The molecule has 0 saturated heterocycles. The molecule has 2 N–H and O–H groups in total. The molecular weight excluding hydrogens is 407 g/mol. The largest absolute Gasteiger partial charge is 0.450 e. The minimum atomic E-state index is -0.498. The minimum absolute atomic E-state index is 0.221. The van der Waals surface area contributed by atoms with Gasteiger partial charge in [0, 0.05) is 24.7 Å². The molecule has 1 aromatic carbocycles. The number of nitrogens with zero attached hydrogens (tertiary/aromatic N) is 2. The molecule has 1 heterocycles. The lowest BCUT2D eigenvalue weighted by atomic mass is 10.2. The van der Waals surface area contributed by atoms with Crippen LogP contribution in [0.5, 0.6) is 0 Å². The number of amides is 2. The molecule has 0 spiro atoms. The van der Waals surface area contributed by atoms with Crippen molar-refractivity contribution < 1.29 is 18.7 Å². The van der Waals surface area contributed by atoms with Crippen LogP contribution in [0.15, 0.2) is 34.9 Å². The number of anilines is 1. The highest BCUT2D eigenvalue weighted by atomic mass is 79.9. The molecule has 0 saturated carbocycles. The van der Waals surface area contributed by atoms with Crippen molar-refractivity contribution in [2.75, 3.05) is 18.5 Å².